The van der Waals surface area contributed by atoms with Gasteiger partial charge in [0.1, 0.15) is 11.9 Å². The van der Waals surface area contributed by atoms with Gasteiger partial charge in [0.25, 0.3) is 0 Å². The minimum Gasteiger partial charge on any atom is -0.333 e. The van der Waals surface area contributed by atoms with Crippen molar-refractivity contribution < 1.29 is 0 Å². The highest BCUT2D eigenvalue weighted by molar-refractivity contribution is 7.16. The standard InChI is InChI=1S/C13H18ClN3S/c1-3-8-17-9-7-16-13(17)12(15-4-2)10-5-6-11(14)18-10/h5-7,9,12,15H,3-4,8H2,1-2H3. The molecule has 2 heterocycles. The van der Waals surface area contributed by atoms with Crippen molar-refractivity contribution in [3.05, 3.63) is 39.6 Å². The molecule has 2 rings (SSSR count). The van der Waals surface area contributed by atoms with Gasteiger partial charge in [0.2, 0.25) is 0 Å². The maximum absolute atomic E-state index is 6.03. The van der Waals surface area contributed by atoms with Crippen molar-refractivity contribution in [1.29, 1.82) is 0 Å². The zero-order valence-electron chi connectivity index (χ0n) is 10.7. The Hall–Kier alpha value is -0.840. The van der Waals surface area contributed by atoms with Crippen molar-refractivity contribution in [3.8, 4) is 0 Å². The van der Waals surface area contributed by atoms with Gasteiger partial charge in [-0.15, -0.1) is 11.3 Å². The smallest absolute Gasteiger partial charge is 0.131 e. The first-order chi connectivity index (χ1) is 8.76. The monoisotopic (exact) mass is 283 g/mol. The molecule has 1 atom stereocenters. The third-order valence-electron chi connectivity index (χ3n) is 2.76. The first-order valence-electron chi connectivity index (χ1n) is 6.25. The fraction of sp³-hybridized carbons (Fsp3) is 0.462. The van der Waals surface area contributed by atoms with E-state index in [-0.39, 0.29) is 6.04 Å². The van der Waals surface area contributed by atoms with E-state index in [4.69, 9.17) is 11.6 Å². The second-order valence-corrected chi connectivity index (χ2v) is 5.86. The van der Waals surface area contributed by atoms with Crippen LogP contribution in [0.4, 0.5) is 0 Å². The molecular formula is C13H18ClN3S. The lowest BCUT2D eigenvalue weighted by molar-refractivity contribution is 0.549. The SMILES string of the molecule is CCCn1ccnc1C(NCC)c1ccc(Cl)s1. The van der Waals surface area contributed by atoms with E-state index in [2.05, 4.69) is 34.8 Å². The van der Waals surface area contributed by atoms with Crippen molar-refractivity contribution >= 4 is 22.9 Å². The highest BCUT2D eigenvalue weighted by atomic mass is 35.5. The molecule has 18 heavy (non-hydrogen) atoms. The van der Waals surface area contributed by atoms with E-state index < -0.39 is 0 Å². The van der Waals surface area contributed by atoms with Crippen molar-refractivity contribution in [2.75, 3.05) is 6.54 Å². The molecule has 1 N–H and O–H groups in total. The summed E-state index contributed by atoms with van der Waals surface area (Å²) in [5, 5.41) is 3.48. The van der Waals surface area contributed by atoms with E-state index in [1.165, 1.54) is 4.88 Å². The highest BCUT2D eigenvalue weighted by Crippen LogP contribution is 2.30. The van der Waals surface area contributed by atoms with Crippen molar-refractivity contribution in [3.63, 3.8) is 0 Å². The Kier molecular flexibility index (Phi) is 4.80. The average molecular weight is 284 g/mol. The molecule has 0 bridgehead atoms. The molecule has 0 aliphatic carbocycles. The Labute approximate surface area is 117 Å². The van der Waals surface area contributed by atoms with E-state index in [0.717, 1.165) is 29.7 Å². The van der Waals surface area contributed by atoms with Crippen LogP contribution in [0.1, 0.15) is 37.0 Å². The van der Waals surface area contributed by atoms with Crippen LogP contribution >= 0.6 is 22.9 Å². The van der Waals surface area contributed by atoms with Gasteiger partial charge < -0.3 is 9.88 Å². The van der Waals surface area contributed by atoms with Crippen LogP contribution in [0.5, 0.6) is 0 Å². The molecule has 1 unspecified atom stereocenters. The van der Waals surface area contributed by atoms with Gasteiger partial charge in [-0.1, -0.05) is 25.4 Å². The largest absolute Gasteiger partial charge is 0.333 e. The molecule has 5 heteroatoms. The number of halogens is 1. The molecule has 0 saturated heterocycles. The molecule has 2 aromatic heterocycles. The summed E-state index contributed by atoms with van der Waals surface area (Å²) in [6, 6.07) is 4.15. The van der Waals surface area contributed by atoms with Crippen molar-refractivity contribution in [1.82, 2.24) is 14.9 Å². The molecule has 3 nitrogen and oxygen atoms in total. The third-order valence-corrected chi connectivity index (χ3v) is 4.05. The molecule has 0 saturated carbocycles. The fourth-order valence-electron chi connectivity index (χ4n) is 2.02. The van der Waals surface area contributed by atoms with Gasteiger partial charge in [0.05, 0.1) is 4.34 Å². The van der Waals surface area contributed by atoms with Crippen LogP contribution in [0.2, 0.25) is 4.34 Å². The van der Waals surface area contributed by atoms with Gasteiger partial charge in [-0.05, 0) is 25.1 Å². The van der Waals surface area contributed by atoms with E-state index in [9.17, 15) is 0 Å². The second-order valence-electron chi connectivity index (χ2n) is 4.11. The zero-order chi connectivity index (χ0) is 13.0. The van der Waals surface area contributed by atoms with Crippen LogP contribution in [-0.2, 0) is 6.54 Å². The number of aromatic nitrogens is 2. The topological polar surface area (TPSA) is 29.9 Å². The fourth-order valence-corrected chi connectivity index (χ4v) is 3.15. The number of imidazole rings is 1. The predicted molar refractivity (Wildman–Crippen MR) is 77.4 cm³/mol. The van der Waals surface area contributed by atoms with E-state index >= 15 is 0 Å². The normalized spacial score (nSPS) is 12.8. The number of nitrogens with one attached hydrogen (secondary N) is 1. The van der Waals surface area contributed by atoms with Crippen LogP contribution in [0.3, 0.4) is 0 Å². The summed E-state index contributed by atoms with van der Waals surface area (Å²) >= 11 is 7.64. The summed E-state index contributed by atoms with van der Waals surface area (Å²) in [5.74, 6) is 1.07. The Bertz CT molecular complexity index is 492. The Morgan fingerprint density at radius 2 is 2.28 bits per heavy atom. The molecular weight excluding hydrogens is 266 g/mol. The quantitative estimate of drug-likeness (QED) is 0.876. The Morgan fingerprint density at radius 1 is 1.44 bits per heavy atom. The Morgan fingerprint density at radius 3 is 2.89 bits per heavy atom. The molecule has 0 spiro atoms. The van der Waals surface area contributed by atoms with Gasteiger partial charge in [-0.2, -0.15) is 0 Å². The van der Waals surface area contributed by atoms with Crippen LogP contribution in [0, 0.1) is 0 Å². The van der Waals surface area contributed by atoms with E-state index in [1.54, 1.807) is 11.3 Å². The van der Waals surface area contributed by atoms with Gasteiger partial charge in [-0.25, -0.2) is 4.98 Å². The molecule has 2 aromatic rings. The van der Waals surface area contributed by atoms with Crippen molar-refractivity contribution in [2.45, 2.75) is 32.9 Å². The highest BCUT2D eigenvalue weighted by Gasteiger charge is 2.19. The van der Waals surface area contributed by atoms with Gasteiger partial charge in [-0.3, -0.25) is 0 Å². The van der Waals surface area contributed by atoms with Crippen molar-refractivity contribution in [2.24, 2.45) is 0 Å². The first-order valence-corrected chi connectivity index (χ1v) is 7.45. The number of thiophene rings is 1. The van der Waals surface area contributed by atoms with Crippen LogP contribution in [0.25, 0.3) is 0 Å². The predicted octanol–water partition coefficient (Wildman–Crippen LogP) is 3.71. The molecule has 0 radical (unpaired) electrons. The third kappa shape index (κ3) is 2.94. The van der Waals surface area contributed by atoms with E-state index in [1.807, 2.05) is 18.5 Å². The van der Waals surface area contributed by atoms with Gasteiger partial charge in [0, 0.05) is 23.8 Å². The van der Waals surface area contributed by atoms with E-state index in [0.29, 0.717) is 0 Å². The minimum atomic E-state index is 0.133. The van der Waals surface area contributed by atoms with Crippen LogP contribution in [-0.4, -0.2) is 16.1 Å². The molecule has 0 amide bonds. The van der Waals surface area contributed by atoms with Crippen LogP contribution < -0.4 is 5.32 Å². The zero-order valence-corrected chi connectivity index (χ0v) is 12.3. The summed E-state index contributed by atoms with van der Waals surface area (Å²) in [5.41, 5.74) is 0. The van der Waals surface area contributed by atoms with Gasteiger partial charge in [0.15, 0.2) is 0 Å². The first kappa shape index (κ1) is 13.6. The summed E-state index contributed by atoms with van der Waals surface area (Å²) in [4.78, 5) is 5.72. The lowest BCUT2D eigenvalue weighted by Crippen LogP contribution is -2.24. The van der Waals surface area contributed by atoms with Gasteiger partial charge >= 0.3 is 0 Å². The molecule has 0 fully saturated rings. The minimum absolute atomic E-state index is 0.133. The summed E-state index contributed by atoms with van der Waals surface area (Å²) in [7, 11) is 0. The average Bonchev–Trinajstić information content (AvgIpc) is 2.96. The number of hydrogen-bond donors (Lipinski definition) is 1. The lowest BCUT2D eigenvalue weighted by atomic mass is 10.2. The Balaban J connectivity index is 2.31. The molecule has 0 aliphatic rings. The number of nitrogens with zero attached hydrogens (tertiary/aromatic N) is 2. The second kappa shape index (κ2) is 6.36. The number of aryl methyl sites for hydroxylation is 1. The molecule has 98 valence electrons. The summed E-state index contributed by atoms with van der Waals surface area (Å²) in [6.07, 6.45) is 5.01. The number of hydrogen-bond acceptors (Lipinski definition) is 3. The summed E-state index contributed by atoms with van der Waals surface area (Å²) in [6.45, 7) is 6.18. The summed E-state index contributed by atoms with van der Waals surface area (Å²) < 4.78 is 3.03. The van der Waals surface area contributed by atoms with Crippen LogP contribution in [0.15, 0.2) is 24.5 Å². The maximum Gasteiger partial charge on any atom is 0.131 e. The molecule has 0 aromatic carbocycles. The lowest BCUT2D eigenvalue weighted by Gasteiger charge is -2.17. The maximum atomic E-state index is 6.03. The molecule has 0 aliphatic heterocycles. The number of rotatable bonds is 6.